The largest absolute Gasteiger partial charge is 0.344 e. The molecule has 2 heterocycles. The number of nitrogens with zero attached hydrogens (tertiary/aromatic N) is 3. The summed E-state index contributed by atoms with van der Waals surface area (Å²) in [5, 5.41) is 8.24. The zero-order chi connectivity index (χ0) is 13.6. The van der Waals surface area contributed by atoms with Crippen LogP contribution in [0.3, 0.4) is 0 Å². The number of hydrogen-bond acceptors (Lipinski definition) is 4. The Balaban J connectivity index is 1.98. The number of H-pyrrole nitrogens is 1. The number of rotatable bonds is 3. The molecule has 0 amide bonds. The lowest BCUT2D eigenvalue weighted by molar-refractivity contribution is 0.642. The van der Waals surface area contributed by atoms with Crippen molar-refractivity contribution in [3.63, 3.8) is 0 Å². The van der Waals surface area contributed by atoms with Crippen LogP contribution in [0.2, 0.25) is 15.2 Å². The van der Waals surface area contributed by atoms with Crippen LogP contribution in [0.25, 0.3) is 0 Å². The van der Waals surface area contributed by atoms with Gasteiger partial charge in [0.2, 0.25) is 0 Å². The second kappa shape index (κ2) is 5.01. The maximum absolute atomic E-state index is 11.6. The molecule has 2 aromatic rings. The molecule has 19 heavy (non-hydrogen) atoms. The fraction of sp³-hybridized carbons (Fsp3) is 0.300. The molecule has 0 saturated heterocycles. The third kappa shape index (κ3) is 2.63. The van der Waals surface area contributed by atoms with Gasteiger partial charge in [-0.25, -0.2) is 14.9 Å². The molecule has 0 atom stereocenters. The predicted octanol–water partition coefficient (Wildman–Crippen LogP) is 3.41. The number of halogens is 3. The van der Waals surface area contributed by atoms with E-state index in [9.17, 15) is 4.79 Å². The molecule has 1 saturated carbocycles. The van der Waals surface area contributed by atoms with Gasteiger partial charge in [0.1, 0.15) is 10.2 Å². The summed E-state index contributed by atoms with van der Waals surface area (Å²) in [5.41, 5.74) is -0.221. The van der Waals surface area contributed by atoms with Crippen LogP contribution in [0.5, 0.6) is 0 Å². The molecule has 0 aromatic carbocycles. The number of aromatic amines is 1. The number of hydrogen-bond donors (Lipinski definition) is 1. The van der Waals surface area contributed by atoms with Crippen molar-refractivity contribution in [1.29, 1.82) is 0 Å². The summed E-state index contributed by atoms with van der Waals surface area (Å²) in [6.07, 6.45) is 1.96. The molecule has 1 aliphatic rings. The summed E-state index contributed by atoms with van der Waals surface area (Å²) >= 11 is 18.9. The number of aromatic nitrogens is 4. The minimum atomic E-state index is -0.221. The van der Waals surface area contributed by atoms with Crippen molar-refractivity contribution in [2.75, 3.05) is 0 Å². The first-order valence-electron chi connectivity index (χ1n) is 5.42. The van der Waals surface area contributed by atoms with Gasteiger partial charge in [0.15, 0.2) is 5.16 Å². The second-order valence-electron chi connectivity index (χ2n) is 4.06. The van der Waals surface area contributed by atoms with E-state index in [1.807, 2.05) is 0 Å². The molecule has 2 aromatic heterocycles. The van der Waals surface area contributed by atoms with E-state index in [1.54, 1.807) is 4.57 Å². The minimum absolute atomic E-state index is 0.171. The van der Waals surface area contributed by atoms with E-state index >= 15 is 0 Å². The maximum Gasteiger partial charge on any atom is 0.344 e. The van der Waals surface area contributed by atoms with Crippen molar-refractivity contribution in [3.8, 4) is 0 Å². The van der Waals surface area contributed by atoms with Crippen molar-refractivity contribution in [3.05, 3.63) is 31.7 Å². The molecular weight excluding hydrogens is 331 g/mol. The topological polar surface area (TPSA) is 63.6 Å². The fourth-order valence-corrected chi connectivity index (χ4v) is 3.15. The average Bonchev–Trinajstić information content (AvgIpc) is 3.12. The zero-order valence-electron chi connectivity index (χ0n) is 9.36. The Morgan fingerprint density at radius 2 is 2.05 bits per heavy atom. The van der Waals surface area contributed by atoms with Crippen LogP contribution in [0.15, 0.2) is 21.0 Å². The number of nitrogens with one attached hydrogen (secondary N) is 1. The van der Waals surface area contributed by atoms with Gasteiger partial charge in [-0.15, -0.1) is 5.10 Å². The monoisotopic (exact) mass is 336 g/mol. The quantitative estimate of drug-likeness (QED) is 0.872. The lowest BCUT2D eigenvalue weighted by atomic mass is 10.5. The van der Waals surface area contributed by atoms with Crippen LogP contribution in [0, 0.1) is 0 Å². The lowest BCUT2D eigenvalue weighted by Gasteiger charge is -2.05. The first-order valence-corrected chi connectivity index (χ1v) is 7.37. The van der Waals surface area contributed by atoms with Crippen LogP contribution in [-0.4, -0.2) is 19.7 Å². The summed E-state index contributed by atoms with van der Waals surface area (Å²) in [7, 11) is 0. The molecule has 1 aliphatic carbocycles. The summed E-state index contributed by atoms with van der Waals surface area (Å²) in [6, 6.07) is 1.74. The molecule has 0 aliphatic heterocycles. The SMILES string of the molecule is O=c1[nH]nc(Sc2nc(Cl)c(Cl)cc2Cl)n1C1CC1. The van der Waals surface area contributed by atoms with Gasteiger partial charge < -0.3 is 0 Å². The summed E-state index contributed by atoms with van der Waals surface area (Å²) in [4.78, 5) is 15.7. The normalized spacial score (nSPS) is 14.9. The molecule has 0 bridgehead atoms. The van der Waals surface area contributed by atoms with E-state index in [0.717, 1.165) is 12.8 Å². The summed E-state index contributed by atoms with van der Waals surface area (Å²) in [6.45, 7) is 0. The standard InChI is InChI=1S/C10H7Cl3N4OS/c11-5-3-6(12)8(14-7(5)13)19-10-16-15-9(18)17(10)4-1-2-4/h3-4H,1-2H2,(H,15,18). The van der Waals surface area contributed by atoms with Crippen LogP contribution in [0.1, 0.15) is 18.9 Å². The van der Waals surface area contributed by atoms with Crippen molar-refractivity contribution >= 4 is 46.6 Å². The number of pyridine rings is 1. The van der Waals surface area contributed by atoms with Gasteiger partial charge in [-0.1, -0.05) is 34.8 Å². The van der Waals surface area contributed by atoms with Crippen LogP contribution < -0.4 is 5.69 Å². The summed E-state index contributed by atoms with van der Waals surface area (Å²) < 4.78 is 1.62. The van der Waals surface area contributed by atoms with Crippen molar-refractivity contribution in [1.82, 2.24) is 19.7 Å². The van der Waals surface area contributed by atoms with Crippen molar-refractivity contribution in [2.24, 2.45) is 0 Å². The molecule has 0 radical (unpaired) electrons. The molecule has 9 heteroatoms. The third-order valence-electron chi connectivity index (χ3n) is 2.63. The Morgan fingerprint density at radius 3 is 2.74 bits per heavy atom. The highest BCUT2D eigenvalue weighted by Gasteiger charge is 2.29. The Hall–Kier alpha value is -0.690. The van der Waals surface area contributed by atoms with E-state index in [1.165, 1.54) is 17.8 Å². The van der Waals surface area contributed by atoms with Gasteiger partial charge in [-0.05, 0) is 30.7 Å². The van der Waals surface area contributed by atoms with Gasteiger partial charge >= 0.3 is 5.69 Å². The van der Waals surface area contributed by atoms with Gasteiger partial charge in [0, 0.05) is 6.04 Å². The van der Waals surface area contributed by atoms with E-state index in [4.69, 9.17) is 34.8 Å². The Morgan fingerprint density at radius 1 is 1.32 bits per heavy atom. The highest BCUT2D eigenvalue weighted by atomic mass is 35.5. The van der Waals surface area contributed by atoms with Gasteiger partial charge in [0.05, 0.1) is 10.0 Å². The van der Waals surface area contributed by atoms with Crippen molar-refractivity contribution in [2.45, 2.75) is 29.1 Å². The van der Waals surface area contributed by atoms with E-state index in [-0.39, 0.29) is 21.9 Å². The van der Waals surface area contributed by atoms with Crippen LogP contribution in [0.4, 0.5) is 0 Å². The zero-order valence-corrected chi connectivity index (χ0v) is 12.4. The molecule has 100 valence electrons. The third-order valence-corrected chi connectivity index (χ3v) is 4.67. The minimum Gasteiger partial charge on any atom is -0.267 e. The molecule has 1 N–H and O–H groups in total. The summed E-state index contributed by atoms with van der Waals surface area (Å²) in [5.74, 6) is 0. The fourth-order valence-electron chi connectivity index (χ4n) is 1.60. The average molecular weight is 338 g/mol. The van der Waals surface area contributed by atoms with Crippen LogP contribution in [-0.2, 0) is 0 Å². The maximum atomic E-state index is 11.6. The molecule has 3 rings (SSSR count). The molecule has 0 unspecified atom stereocenters. The smallest absolute Gasteiger partial charge is 0.267 e. The highest BCUT2D eigenvalue weighted by molar-refractivity contribution is 7.99. The van der Waals surface area contributed by atoms with Gasteiger partial charge in [-0.3, -0.25) is 4.57 Å². The first-order chi connectivity index (χ1) is 9.06. The second-order valence-corrected chi connectivity index (χ2v) is 6.19. The van der Waals surface area contributed by atoms with Crippen LogP contribution >= 0.6 is 46.6 Å². The molecule has 0 spiro atoms. The van der Waals surface area contributed by atoms with Gasteiger partial charge in [0.25, 0.3) is 0 Å². The van der Waals surface area contributed by atoms with E-state index in [2.05, 4.69) is 15.2 Å². The Labute approximate surface area is 127 Å². The predicted molar refractivity (Wildman–Crippen MR) is 74.5 cm³/mol. The first kappa shape index (κ1) is 13.3. The molecular formula is C10H7Cl3N4OS. The highest BCUT2D eigenvalue weighted by Crippen LogP contribution is 2.39. The van der Waals surface area contributed by atoms with E-state index < -0.39 is 0 Å². The lowest BCUT2D eigenvalue weighted by Crippen LogP contribution is -2.16. The Bertz CT molecular complexity index is 695. The van der Waals surface area contributed by atoms with Gasteiger partial charge in [-0.2, -0.15) is 0 Å². The van der Waals surface area contributed by atoms with E-state index in [0.29, 0.717) is 15.2 Å². The molecule has 5 nitrogen and oxygen atoms in total. The Kier molecular flexibility index (Phi) is 3.51. The van der Waals surface area contributed by atoms with Crippen molar-refractivity contribution < 1.29 is 0 Å². The molecule has 1 fully saturated rings.